The van der Waals surface area contributed by atoms with Crippen molar-refractivity contribution >= 4 is 29.9 Å². The molecule has 4 rings (SSSR count). The summed E-state index contributed by atoms with van der Waals surface area (Å²) in [5, 5.41) is 14.0. The average molecular weight is 520 g/mol. The molecule has 3 aromatic rings. The van der Waals surface area contributed by atoms with Crippen LogP contribution in [-0.2, 0) is 11.3 Å². The first-order valence-electron chi connectivity index (χ1n) is 12.3. The molecular weight excluding hydrogens is 482 g/mol. The normalized spacial score (nSPS) is 13.5. The van der Waals surface area contributed by atoms with Crippen molar-refractivity contribution in [3.63, 3.8) is 0 Å². The molecule has 1 aliphatic rings. The van der Waals surface area contributed by atoms with Gasteiger partial charge in [0.1, 0.15) is 18.1 Å². The van der Waals surface area contributed by atoms with E-state index < -0.39 is 0 Å². The van der Waals surface area contributed by atoms with Gasteiger partial charge in [0.2, 0.25) is 0 Å². The Kier molecular flexibility index (Phi) is 8.98. The molecule has 0 saturated carbocycles. The fourth-order valence-corrected chi connectivity index (χ4v) is 4.41. The van der Waals surface area contributed by atoms with Gasteiger partial charge in [0.15, 0.2) is 0 Å². The number of anilines is 1. The molecule has 0 bridgehead atoms. The van der Waals surface area contributed by atoms with Gasteiger partial charge in [-0.15, -0.1) is 0 Å². The first-order chi connectivity index (χ1) is 17.4. The van der Waals surface area contributed by atoms with E-state index in [9.17, 15) is 9.90 Å². The van der Waals surface area contributed by atoms with Crippen molar-refractivity contribution in [2.45, 2.75) is 58.9 Å². The molecule has 1 aliphatic heterocycles. The second kappa shape index (κ2) is 11.8. The van der Waals surface area contributed by atoms with Crippen LogP contribution in [0.25, 0.3) is 16.7 Å². The Bertz CT molecular complexity index is 1290. The molecule has 0 amide bonds. The fourth-order valence-electron chi connectivity index (χ4n) is 4.41. The van der Waals surface area contributed by atoms with E-state index in [1.165, 1.54) is 0 Å². The molecule has 0 fully saturated rings. The summed E-state index contributed by atoms with van der Waals surface area (Å²) in [4.78, 5) is 12.8. The Morgan fingerprint density at radius 3 is 2.27 bits per heavy atom. The lowest BCUT2D eigenvalue weighted by Crippen LogP contribution is -2.32. The van der Waals surface area contributed by atoms with Crippen LogP contribution in [0.2, 0.25) is 0 Å². The highest BCUT2D eigenvalue weighted by molar-refractivity contribution is 7.80. The highest BCUT2D eigenvalue weighted by Crippen LogP contribution is 2.43. The number of allylic oxidation sites excluding steroid dienone is 1. The number of fused-ring (bicyclic) bond motifs is 1. The average Bonchev–Trinajstić information content (AvgIpc) is 2.81. The predicted octanol–water partition coefficient (Wildman–Crippen LogP) is 7.67. The largest absolute Gasteiger partial charge is 0.508 e. The Labute approximate surface area is 225 Å². The maximum Gasteiger partial charge on any atom is 0.338 e. The van der Waals surface area contributed by atoms with Crippen molar-refractivity contribution in [2.24, 2.45) is 0 Å². The van der Waals surface area contributed by atoms with E-state index in [0.29, 0.717) is 16.6 Å². The van der Waals surface area contributed by atoms with E-state index in [4.69, 9.17) is 9.47 Å². The number of carbonyl (C=O) groups is 1. The van der Waals surface area contributed by atoms with Crippen molar-refractivity contribution in [1.82, 2.24) is 0 Å². The molecule has 3 aromatic carbocycles. The number of phenolic OH excluding ortho intramolecular Hbond substituents is 1. The van der Waals surface area contributed by atoms with Crippen LogP contribution in [0.4, 0.5) is 5.69 Å². The number of rotatable bonds is 5. The number of esters is 1. The zero-order chi connectivity index (χ0) is 27.3. The number of aromatic hydroxyl groups is 1. The van der Waals surface area contributed by atoms with Crippen molar-refractivity contribution in [3.05, 3.63) is 82.9 Å². The van der Waals surface area contributed by atoms with Gasteiger partial charge in [-0.2, -0.15) is 12.6 Å². The number of hydrogen-bond donors (Lipinski definition) is 3. The molecule has 0 aliphatic carbocycles. The Balaban J connectivity index is 0.000000886. The van der Waals surface area contributed by atoms with Crippen LogP contribution in [0.3, 0.4) is 0 Å². The lowest BCUT2D eigenvalue weighted by atomic mass is 9.85. The molecule has 2 N–H and O–H groups in total. The van der Waals surface area contributed by atoms with Crippen LogP contribution in [0.1, 0.15) is 61.7 Å². The highest BCUT2D eigenvalue weighted by Gasteiger charge is 2.27. The van der Waals surface area contributed by atoms with E-state index >= 15 is 0 Å². The van der Waals surface area contributed by atoms with Crippen LogP contribution >= 0.6 is 12.6 Å². The summed E-state index contributed by atoms with van der Waals surface area (Å²) in [6.45, 7) is 12.5. The molecule has 0 radical (unpaired) electrons. The SMILES string of the molecule is CC(C)S.COc1cc(O)ccc1-c1ccc2c(c1COC(=O)c1ccc(C)cc1)C(C)=CC(C)(C)N2. The standard InChI is InChI=1S/C28H29NO4.C3H8S/c1-17-6-8-19(9-7-17)27(31)33-16-23-21(22-11-10-20(30)14-25(22)32-5)12-13-24-26(23)18(2)15-28(3,4)29-24;1-3(2)4/h6-15,29-30H,16H2,1-5H3;3-4H,1-2H3. The summed E-state index contributed by atoms with van der Waals surface area (Å²) in [6, 6.07) is 16.4. The summed E-state index contributed by atoms with van der Waals surface area (Å²) in [6.07, 6.45) is 2.18. The third-order valence-electron chi connectivity index (χ3n) is 5.85. The number of nitrogens with one attached hydrogen (secondary N) is 1. The van der Waals surface area contributed by atoms with Gasteiger partial charge in [0, 0.05) is 28.4 Å². The topological polar surface area (TPSA) is 67.8 Å². The maximum absolute atomic E-state index is 12.8. The van der Waals surface area contributed by atoms with Gasteiger partial charge in [-0.3, -0.25) is 0 Å². The van der Waals surface area contributed by atoms with E-state index in [2.05, 4.69) is 44.8 Å². The van der Waals surface area contributed by atoms with Gasteiger partial charge in [-0.1, -0.05) is 43.7 Å². The summed E-state index contributed by atoms with van der Waals surface area (Å²) in [5.41, 5.74) is 7.10. The highest BCUT2D eigenvalue weighted by atomic mass is 32.1. The molecule has 196 valence electrons. The van der Waals surface area contributed by atoms with Crippen LogP contribution in [0.5, 0.6) is 11.5 Å². The Morgan fingerprint density at radius 1 is 1.03 bits per heavy atom. The van der Waals surface area contributed by atoms with Gasteiger partial charge < -0.3 is 19.9 Å². The monoisotopic (exact) mass is 519 g/mol. The Morgan fingerprint density at radius 2 is 1.65 bits per heavy atom. The summed E-state index contributed by atoms with van der Waals surface area (Å²) in [7, 11) is 1.57. The van der Waals surface area contributed by atoms with Crippen LogP contribution in [0, 0.1) is 6.92 Å². The van der Waals surface area contributed by atoms with E-state index in [-0.39, 0.29) is 23.9 Å². The molecule has 5 nitrogen and oxygen atoms in total. The number of carbonyl (C=O) groups excluding carboxylic acids is 1. The van der Waals surface area contributed by atoms with Crippen molar-refractivity contribution in [2.75, 3.05) is 12.4 Å². The second-order valence-corrected chi connectivity index (χ2v) is 11.1. The first-order valence-corrected chi connectivity index (χ1v) is 12.9. The smallest absolute Gasteiger partial charge is 0.338 e. The van der Waals surface area contributed by atoms with Crippen LogP contribution in [-0.4, -0.2) is 29.0 Å². The molecule has 0 atom stereocenters. The Hall–Kier alpha value is -3.38. The van der Waals surface area contributed by atoms with Crippen LogP contribution < -0.4 is 10.1 Å². The molecule has 0 saturated heterocycles. The van der Waals surface area contributed by atoms with Gasteiger partial charge in [0.05, 0.1) is 18.2 Å². The molecule has 0 spiro atoms. The minimum Gasteiger partial charge on any atom is -0.508 e. The van der Waals surface area contributed by atoms with Crippen molar-refractivity contribution < 1.29 is 19.4 Å². The molecular formula is C31H37NO4S. The van der Waals surface area contributed by atoms with E-state index in [1.54, 1.807) is 31.4 Å². The number of methoxy groups -OCH3 is 1. The molecule has 1 heterocycles. The third-order valence-corrected chi connectivity index (χ3v) is 5.85. The quantitative estimate of drug-likeness (QED) is 0.238. The summed E-state index contributed by atoms with van der Waals surface area (Å²) < 4.78 is 11.3. The maximum atomic E-state index is 12.8. The zero-order valence-electron chi connectivity index (χ0n) is 22.7. The first kappa shape index (κ1) is 28.2. The molecule has 37 heavy (non-hydrogen) atoms. The molecule has 0 aromatic heterocycles. The van der Waals surface area contributed by atoms with Gasteiger partial charge in [0.25, 0.3) is 0 Å². The lowest BCUT2D eigenvalue weighted by Gasteiger charge is -2.33. The minimum absolute atomic E-state index is 0.0997. The van der Waals surface area contributed by atoms with Crippen LogP contribution in [0.15, 0.2) is 60.7 Å². The number of phenols is 1. The summed E-state index contributed by atoms with van der Waals surface area (Å²) in [5.74, 6) is 0.300. The molecule has 6 heteroatoms. The lowest BCUT2D eigenvalue weighted by molar-refractivity contribution is 0.0473. The third kappa shape index (κ3) is 7.10. The van der Waals surface area contributed by atoms with E-state index in [1.807, 2.05) is 51.1 Å². The number of thiol groups is 1. The van der Waals surface area contributed by atoms with Crippen molar-refractivity contribution in [1.29, 1.82) is 0 Å². The second-order valence-electron chi connectivity index (χ2n) is 10.1. The van der Waals surface area contributed by atoms with Gasteiger partial charge in [-0.25, -0.2) is 4.79 Å². The molecule has 0 unspecified atom stereocenters. The minimum atomic E-state index is -0.373. The van der Waals surface area contributed by atoms with Gasteiger partial charge in [-0.05, 0) is 74.4 Å². The number of aryl methyl sites for hydroxylation is 1. The predicted molar refractivity (Wildman–Crippen MR) is 156 cm³/mol. The van der Waals surface area contributed by atoms with E-state index in [0.717, 1.165) is 39.1 Å². The number of benzene rings is 3. The fraction of sp³-hybridized carbons (Fsp3) is 0.323. The van der Waals surface area contributed by atoms with Crippen molar-refractivity contribution in [3.8, 4) is 22.6 Å². The zero-order valence-corrected chi connectivity index (χ0v) is 23.6. The van der Waals surface area contributed by atoms with Gasteiger partial charge >= 0.3 is 5.97 Å². The number of hydrogen-bond acceptors (Lipinski definition) is 6. The number of ether oxygens (including phenoxy) is 2. The summed E-state index contributed by atoms with van der Waals surface area (Å²) >= 11 is 3.97.